The van der Waals surface area contributed by atoms with E-state index in [-0.39, 0.29) is 0 Å². The van der Waals surface area contributed by atoms with E-state index in [1.165, 1.54) is 154 Å². The maximum absolute atomic E-state index is 16.0. The van der Waals surface area contributed by atoms with Gasteiger partial charge in [0.05, 0.1) is 0 Å². The van der Waals surface area contributed by atoms with E-state index >= 15 is 2.87 Å². The zero-order valence-electron chi connectivity index (χ0n) is 23.0. The summed E-state index contributed by atoms with van der Waals surface area (Å²) in [6, 6.07) is 0. The van der Waals surface area contributed by atoms with Gasteiger partial charge in [0.1, 0.15) is 0 Å². The second-order valence-electron chi connectivity index (χ2n) is 10.8. The summed E-state index contributed by atoms with van der Waals surface area (Å²) in [5, 5.41) is 0. The Morgan fingerprint density at radius 1 is 0.312 bits per heavy atom. The summed E-state index contributed by atoms with van der Waals surface area (Å²) < 4.78 is 19.1. The van der Waals surface area contributed by atoms with Crippen LogP contribution in [0.15, 0.2) is 0 Å². The van der Waals surface area contributed by atoms with E-state index in [2.05, 4.69) is 20.8 Å². The molecule has 194 valence electrons. The van der Waals surface area contributed by atoms with Crippen molar-refractivity contribution in [2.45, 2.75) is 188 Å². The molecular weight excluding hydrogens is 498 g/mol. The molecule has 0 saturated carbocycles. The Hall–Kier alpha value is 0.729. The first-order valence-electron chi connectivity index (χ1n) is 15.4. The molecule has 0 heterocycles. The summed E-state index contributed by atoms with van der Waals surface area (Å²) >= 11 is -3.32. The van der Waals surface area contributed by atoms with Gasteiger partial charge in [-0.2, -0.15) is 0 Å². The zero-order chi connectivity index (χ0) is 23.6. The van der Waals surface area contributed by atoms with Gasteiger partial charge in [-0.05, 0) is 0 Å². The summed E-state index contributed by atoms with van der Waals surface area (Å²) in [6.45, 7) is 6.85. The van der Waals surface area contributed by atoms with Crippen LogP contribution in [0.2, 0.25) is 13.3 Å². The van der Waals surface area contributed by atoms with Gasteiger partial charge in [0.15, 0.2) is 0 Å². The molecule has 0 aliphatic heterocycles. The zero-order valence-corrected chi connectivity index (χ0v) is 25.8. The van der Waals surface area contributed by atoms with Gasteiger partial charge in [-0.25, -0.2) is 0 Å². The van der Waals surface area contributed by atoms with Crippen molar-refractivity contribution in [1.82, 2.24) is 0 Å². The predicted molar refractivity (Wildman–Crippen MR) is 149 cm³/mol. The van der Waals surface area contributed by atoms with Crippen LogP contribution in [0.25, 0.3) is 0 Å². The van der Waals surface area contributed by atoms with Crippen LogP contribution < -0.4 is 0 Å². The van der Waals surface area contributed by atoms with Crippen molar-refractivity contribution in [2.75, 3.05) is 0 Å². The Labute approximate surface area is 209 Å². The average molecular weight is 562 g/mol. The van der Waals surface area contributed by atoms with Crippen molar-refractivity contribution in [3.63, 3.8) is 0 Å². The normalized spacial score (nSPS) is 12.0. The molecule has 0 aliphatic rings. The molecule has 0 saturated heterocycles. The summed E-state index contributed by atoms with van der Waals surface area (Å²) in [7, 11) is 0. The van der Waals surface area contributed by atoms with Crippen molar-refractivity contribution in [3.05, 3.63) is 0 Å². The molecule has 0 aromatic rings. The van der Waals surface area contributed by atoms with E-state index < -0.39 is 18.9 Å². The molecule has 0 bridgehead atoms. The van der Waals surface area contributed by atoms with Crippen LogP contribution in [-0.4, -0.2) is 18.9 Å². The van der Waals surface area contributed by atoms with E-state index in [0.717, 1.165) is 13.3 Å². The molecule has 0 N–H and O–H groups in total. The van der Waals surface area contributed by atoms with E-state index in [4.69, 9.17) is 0 Å². The quantitative estimate of drug-likeness (QED) is 0.0691. The summed E-state index contributed by atoms with van der Waals surface area (Å²) in [4.78, 5) is 0. The van der Waals surface area contributed by atoms with E-state index in [0.29, 0.717) is 0 Å². The van der Waals surface area contributed by atoms with Gasteiger partial charge in [-0.15, -0.1) is 0 Å². The fraction of sp³-hybridized carbons (Fsp3) is 1.00. The molecule has 0 unspecified atom stereocenters. The number of hydrogen-bond acceptors (Lipinski definition) is 0. The van der Waals surface area contributed by atoms with Gasteiger partial charge in [0.2, 0.25) is 0 Å². The van der Waals surface area contributed by atoms with Crippen LogP contribution in [0.5, 0.6) is 0 Å². The second kappa shape index (κ2) is 26.3. The van der Waals surface area contributed by atoms with Crippen LogP contribution in [-0.2, 0) is 0 Å². The summed E-state index contributed by atoms with van der Waals surface area (Å²) in [5.41, 5.74) is 0. The molecule has 0 aliphatic carbocycles. The van der Waals surface area contributed by atoms with Crippen LogP contribution in [0.1, 0.15) is 175 Å². The van der Waals surface area contributed by atoms with Crippen molar-refractivity contribution < 1.29 is 2.87 Å². The fourth-order valence-electron chi connectivity index (χ4n) is 5.10. The summed E-state index contributed by atoms with van der Waals surface area (Å²) in [5.74, 6) is 0. The van der Waals surface area contributed by atoms with Gasteiger partial charge >= 0.3 is 210 Å². The van der Waals surface area contributed by atoms with Gasteiger partial charge in [0, 0.05) is 0 Å². The maximum atomic E-state index is 16.0. The SMILES string of the molecule is CCCCCCCCC[CH2][Sn]([F])([CH2]CCCCCCCCC)[CH2]CCCCCCCCC. The van der Waals surface area contributed by atoms with E-state index in [1.54, 1.807) is 0 Å². The molecule has 0 aromatic heterocycles. The minimum atomic E-state index is -3.32. The Balaban J connectivity index is 4.04. The molecule has 0 aromatic carbocycles. The standard InChI is InChI=1S/3C10H21.FH.Sn/c3*1-3-5-7-9-10-8-6-4-2;;/h3*1,3-10H2,2H3;1H;/q;;;;+1/p-1. The molecule has 32 heavy (non-hydrogen) atoms. The summed E-state index contributed by atoms with van der Waals surface area (Å²) in [6.07, 6.45) is 32.2. The number of hydrogen-bond donors (Lipinski definition) is 0. The first-order valence-corrected chi connectivity index (χ1v) is 22.5. The molecule has 0 radical (unpaired) electrons. The Morgan fingerprint density at radius 2 is 0.500 bits per heavy atom. The third kappa shape index (κ3) is 23.9. The van der Waals surface area contributed by atoms with Crippen molar-refractivity contribution >= 4 is 18.9 Å². The predicted octanol–water partition coefficient (Wildman–Crippen LogP) is 12.3. The molecule has 0 fully saturated rings. The molecule has 2 heteroatoms. The number of halogens is 1. The van der Waals surface area contributed by atoms with Crippen molar-refractivity contribution in [2.24, 2.45) is 0 Å². The van der Waals surface area contributed by atoms with Gasteiger partial charge in [-0.3, -0.25) is 0 Å². The third-order valence-corrected chi connectivity index (χ3v) is 18.1. The molecule has 0 spiro atoms. The van der Waals surface area contributed by atoms with Crippen LogP contribution >= 0.6 is 0 Å². The molecular formula is C30H63FSn. The van der Waals surface area contributed by atoms with Gasteiger partial charge in [0.25, 0.3) is 0 Å². The number of unbranched alkanes of at least 4 members (excludes halogenated alkanes) is 21. The molecule has 0 amide bonds. The van der Waals surface area contributed by atoms with Crippen molar-refractivity contribution in [1.29, 1.82) is 0 Å². The first-order chi connectivity index (χ1) is 15.7. The van der Waals surface area contributed by atoms with Crippen LogP contribution in [0.3, 0.4) is 0 Å². The Morgan fingerprint density at radius 3 is 0.719 bits per heavy atom. The number of rotatable bonds is 27. The third-order valence-electron chi connectivity index (χ3n) is 7.44. The van der Waals surface area contributed by atoms with Gasteiger partial charge < -0.3 is 0 Å². The first kappa shape index (κ1) is 32.7. The monoisotopic (exact) mass is 562 g/mol. The molecule has 0 atom stereocenters. The topological polar surface area (TPSA) is 0 Å². The van der Waals surface area contributed by atoms with E-state index in [1.807, 2.05) is 0 Å². The minimum absolute atomic E-state index is 1.04. The molecule has 0 nitrogen and oxygen atoms in total. The fourth-order valence-corrected chi connectivity index (χ4v) is 14.8. The van der Waals surface area contributed by atoms with Crippen LogP contribution in [0.4, 0.5) is 2.87 Å². The van der Waals surface area contributed by atoms with Gasteiger partial charge in [-0.1, -0.05) is 0 Å². The van der Waals surface area contributed by atoms with E-state index in [9.17, 15) is 0 Å². The van der Waals surface area contributed by atoms with Crippen LogP contribution in [0, 0.1) is 0 Å². The van der Waals surface area contributed by atoms with Crippen molar-refractivity contribution in [3.8, 4) is 0 Å². The Bertz CT molecular complexity index is 293. The second-order valence-corrected chi connectivity index (χ2v) is 21.7. The average Bonchev–Trinajstić information content (AvgIpc) is 2.79. The Kier molecular flexibility index (Phi) is 26.9. The molecule has 0 rings (SSSR count).